The monoisotopic (exact) mass is 253 g/mol. The molecule has 0 spiro atoms. The zero-order valence-corrected chi connectivity index (χ0v) is 10.8. The summed E-state index contributed by atoms with van der Waals surface area (Å²) in [6, 6.07) is 7.84. The Balaban J connectivity index is 2.22. The van der Waals surface area contributed by atoms with E-state index in [4.69, 9.17) is 17.3 Å². The van der Waals surface area contributed by atoms with E-state index in [2.05, 4.69) is 0 Å². The van der Waals surface area contributed by atoms with Crippen molar-refractivity contribution in [3.63, 3.8) is 0 Å². The Labute approximate surface area is 108 Å². The number of halogens is 1. The number of aliphatic hydroxyl groups excluding tert-OH is 1. The Morgan fingerprint density at radius 1 is 1.35 bits per heavy atom. The van der Waals surface area contributed by atoms with E-state index in [-0.39, 0.29) is 11.5 Å². The summed E-state index contributed by atoms with van der Waals surface area (Å²) in [7, 11) is 0. The third kappa shape index (κ3) is 2.65. The number of nitrogens with two attached hydrogens (primary N) is 1. The zero-order chi connectivity index (χ0) is 12.3. The standard InChI is InChI=1S/C14H20ClNO/c15-12-6-2-1-5-11(12)9-14(10-16)8-4-3-7-13(14)17/h1-2,5-6,13,17H,3-4,7-10,16H2. The molecule has 2 atom stereocenters. The molecule has 3 heteroatoms. The second kappa shape index (κ2) is 5.38. The van der Waals surface area contributed by atoms with Gasteiger partial charge in [0.05, 0.1) is 6.10 Å². The Hall–Kier alpha value is -0.570. The zero-order valence-electron chi connectivity index (χ0n) is 10.0. The van der Waals surface area contributed by atoms with E-state index in [0.29, 0.717) is 6.54 Å². The van der Waals surface area contributed by atoms with Crippen LogP contribution in [0, 0.1) is 5.41 Å². The third-order valence-electron chi connectivity index (χ3n) is 4.02. The molecule has 0 saturated heterocycles. The van der Waals surface area contributed by atoms with Gasteiger partial charge < -0.3 is 10.8 Å². The van der Waals surface area contributed by atoms with Crippen LogP contribution in [0.5, 0.6) is 0 Å². The van der Waals surface area contributed by atoms with Crippen molar-refractivity contribution in [1.82, 2.24) is 0 Å². The fourth-order valence-corrected chi connectivity index (χ4v) is 3.03. The molecule has 94 valence electrons. The topological polar surface area (TPSA) is 46.2 Å². The largest absolute Gasteiger partial charge is 0.392 e. The van der Waals surface area contributed by atoms with E-state index < -0.39 is 0 Å². The molecule has 0 aromatic heterocycles. The van der Waals surface area contributed by atoms with Crippen molar-refractivity contribution in [3.8, 4) is 0 Å². The lowest BCUT2D eigenvalue weighted by Gasteiger charge is -2.41. The van der Waals surface area contributed by atoms with Gasteiger partial charge in [-0.3, -0.25) is 0 Å². The number of hydrogen-bond donors (Lipinski definition) is 2. The molecular formula is C14H20ClNO. The molecular weight excluding hydrogens is 234 g/mol. The first kappa shape index (κ1) is 12.9. The molecule has 2 rings (SSSR count). The van der Waals surface area contributed by atoms with Crippen molar-refractivity contribution < 1.29 is 5.11 Å². The minimum absolute atomic E-state index is 0.177. The summed E-state index contributed by atoms with van der Waals surface area (Å²) in [5, 5.41) is 11.0. The fourth-order valence-electron chi connectivity index (χ4n) is 2.83. The number of benzene rings is 1. The Kier molecular flexibility index (Phi) is 4.08. The summed E-state index contributed by atoms with van der Waals surface area (Å²) in [4.78, 5) is 0. The van der Waals surface area contributed by atoms with E-state index in [0.717, 1.165) is 42.7 Å². The first-order chi connectivity index (χ1) is 8.18. The molecule has 17 heavy (non-hydrogen) atoms. The van der Waals surface area contributed by atoms with Gasteiger partial charge in [-0.25, -0.2) is 0 Å². The van der Waals surface area contributed by atoms with Crippen molar-refractivity contribution in [2.24, 2.45) is 11.1 Å². The molecule has 1 aromatic rings. The van der Waals surface area contributed by atoms with Gasteiger partial charge >= 0.3 is 0 Å². The fraction of sp³-hybridized carbons (Fsp3) is 0.571. The SMILES string of the molecule is NCC1(Cc2ccccc2Cl)CCCCC1O. The summed E-state index contributed by atoms with van der Waals surface area (Å²) >= 11 is 6.19. The van der Waals surface area contributed by atoms with Gasteiger partial charge in [0.2, 0.25) is 0 Å². The van der Waals surface area contributed by atoms with E-state index in [1.807, 2.05) is 24.3 Å². The molecule has 1 aliphatic carbocycles. The molecule has 0 amide bonds. The van der Waals surface area contributed by atoms with Crippen LogP contribution in [0.25, 0.3) is 0 Å². The molecule has 3 N–H and O–H groups in total. The van der Waals surface area contributed by atoms with Crippen molar-refractivity contribution in [2.45, 2.75) is 38.2 Å². The number of rotatable bonds is 3. The summed E-state index contributed by atoms with van der Waals surface area (Å²) in [6.45, 7) is 0.527. The summed E-state index contributed by atoms with van der Waals surface area (Å²) in [6.07, 6.45) is 4.60. The Morgan fingerprint density at radius 3 is 2.76 bits per heavy atom. The van der Waals surface area contributed by atoms with Gasteiger partial charge in [0, 0.05) is 17.0 Å². The van der Waals surface area contributed by atoms with E-state index in [9.17, 15) is 5.11 Å². The molecule has 1 fully saturated rings. The van der Waals surface area contributed by atoms with Crippen LogP contribution in [0.15, 0.2) is 24.3 Å². The average Bonchev–Trinajstić information content (AvgIpc) is 2.35. The maximum atomic E-state index is 10.2. The molecule has 1 saturated carbocycles. The van der Waals surface area contributed by atoms with E-state index in [1.165, 1.54) is 0 Å². The van der Waals surface area contributed by atoms with Crippen LogP contribution < -0.4 is 5.73 Å². The summed E-state index contributed by atoms with van der Waals surface area (Å²) < 4.78 is 0. The number of aliphatic hydroxyl groups is 1. The minimum atomic E-state index is -0.294. The molecule has 2 nitrogen and oxygen atoms in total. The molecule has 0 radical (unpaired) electrons. The highest BCUT2D eigenvalue weighted by molar-refractivity contribution is 6.31. The first-order valence-electron chi connectivity index (χ1n) is 6.29. The molecule has 0 bridgehead atoms. The van der Waals surface area contributed by atoms with Crippen molar-refractivity contribution in [3.05, 3.63) is 34.9 Å². The second-order valence-electron chi connectivity index (χ2n) is 5.10. The summed E-state index contributed by atoms with van der Waals surface area (Å²) in [5.41, 5.74) is 6.84. The normalized spacial score (nSPS) is 29.2. The highest BCUT2D eigenvalue weighted by Crippen LogP contribution is 2.39. The number of hydrogen-bond acceptors (Lipinski definition) is 2. The van der Waals surface area contributed by atoms with Crippen molar-refractivity contribution in [1.29, 1.82) is 0 Å². The van der Waals surface area contributed by atoms with Gasteiger partial charge in [-0.1, -0.05) is 42.6 Å². The lowest BCUT2D eigenvalue weighted by molar-refractivity contribution is -0.00583. The lowest BCUT2D eigenvalue weighted by Crippen LogP contribution is -2.45. The Bertz CT molecular complexity index is 382. The maximum Gasteiger partial charge on any atom is 0.0611 e. The van der Waals surface area contributed by atoms with Gasteiger partial charge in [0.15, 0.2) is 0 Å². The van der Waals surface area contributed by atoms with Crippen molar-refractivity contribution in [2.75, 3.05) is 6.54 Å². The third-order valence-corrected chi connectivity index (χ3v) is 4.38. The lowest BCUT2D eigenvalue weighted by atomic mass is 9.68. The summed E-state index contributed by atoms with van der Waals surface area (Å²) in [5.74, 6) is 0. The van der Waals surface area contributed by atoms with Crippen LogP contribution in [0.3, 0.4) is 0 Å². The van der Waals surface area contributed by atoms with Crippen molar-refractivity contribution >= 4 is 11.6 Å². The first-order valence-corrected chi connectivity index (χ1v) is 6.67. The van der Waals surface area contributed by atoms with Gasteiger partial charge in [-0.15, -0.1) is 0 Å². The van der Waals surface area contributed by atoms with Crippen LogP contribution in [-0.2, 0) is 6.42 Å². The predicted octanol–water partition coefficient (Wildman–Crippen LogP) is 2.76. The van der Waals surface area contributed by atoms with E-state index >= 15 is 0 Å². The Morgan fingerprint density at radius 2 is 2.12 bits per heavy atom. The predicted molar refractivity (Wildman–Crippen MR) is 71.1 cm³/mol. The van der Waals surface area contributed by atoms with Gasteiger partial charge in [0.1, 0.15) is 0 Å². The molecule has 0 aliphatic heterocycles. The van der Waals surface area contributed by atoms with Crippen LogP contribution >= 0.6 is 11.6 Å². The molecule has 2 unspecified atom stereocenters. The van der Waals surface area contributed by atoms with Crippen LogP contribution in [0.4, 0.5) is 0 Å². The molecule has 0 heterocycles. The maximum absolute atomic E-state index is 10.2. The van der Waals surface area contributed by atoms with E-state index in [1.54, 1.807) is 0 Å². The van der Waals surface area contributed by atoms with Crippen LogP contribution in [0.1, 0.15) is 31.2 Å². The van der Waals surface area contributed by atoms with Crippen LogP contribution in [0.2, 0.25) is 5.02 Å². The van der Waals surface area contributed by atoms with Gasteiger partial charge in [-0.05, 0) is 30.9 Å². The molecule has 1 aromatic carbocycles. The molecule has 1 aliphatic rings. The average molecular weight is 254 g/mol. The minimum Gasteiger partial charge on any atom is -0.392 e. The highest BCUT2D eigenvalue weighted by atomic mass is 35.5. The second-order valence-corrected chi connectivity index (χ2v) is 5.50. The smallest absolute Gasteiger partial charge is 0.0611 e. The quantitative estimate of drug-likeness (QED) is 0.870. The van der Waals surface area contributed by atoms with Gasteiger partial charge in [-0.2, -0.15) is 0 Å². The van der Waals surface area contributed by atoms with Crippen LogP contribution in [-0.4, -0.2) is 17.8 Å². The van der Waals surface area contributed by atoms with Gasteiger partial charge in [0.25, 0.3) is 0 Å². The highest BCUT2D eigenvalue weighted by Gasteiger charge is 2.38.